The third kappa shape index (κ3) is 2.48. The van der Waals surface area contributed by atoms with Crippen molar-refractivity contribution in [2.45, 2.75) is 0 Å². The Kier molecular flexibility index (Phi) is 3.65. The van der Waals surface area contributed by atoms with E-state index in [2.05, 4.69) is 5.10 Å². The third-order valence-corrected chi connectivity index (χ3v) is 4.21. The van der Waals surface area contributed by atoms with Crippen LogP contribution in [-0.2, 0) is 0 Å². The zero-order chi connectivity index (χ0) is 18.3. The number of hydrogen-bond acceptors (Lipinski definition) is 5. The summed E-state index contributed by atoms with van der Waals surface area (Å²) in [6, 6.07) is 16.7. The van der Waals surface area contributed by atoms with Crippen molar-refractivity contribution in [1.82, 2.24) is 9.78 Å². The van der Waals surface area contributed by atoms with Gasteiger partial charge in [0.15, 0.2) is 0 Å². The minimum atomic E-state index is -0.0790. The first-order valence-electron chi connectivity index (χ1n) is 7.96. The van der Waals surface area contributed by atoms with Crippen molar-refractivity contribution in [1.29, 1.82) is 0 Å². The third-order valence-electron chi connectivity index (χ3n) is 4.21. The van der Waals surface area contributed by atoms with Gasteiger partial charge in [-0.25, -0.2) is 4.68 Å². The highest BCUT2D eigenvalue weighted by atomic mass is 16.5. The topological polar surface area (TPSA) is 87.7 Å². The van der Waals surface area contributed by atoms with Crippen molar-refractivity contribution >= 4 is 10.9 Å². The molecule has 130 valence electrons. The number of benzene rings is 3. The Morgan fingerprint density at radius 1 is 0.885 bits per heavy atom. The van der Waals surface area contributed by atoms with Gasteiger partial charge in [0.25, 0.3) is 0 Å². The Balaban J connectivity index is 2.05. The van der Waals surface area contributed by atoms with E-state index in [1.165, 1.54) is 12.1 Å². The number of aromatic nitrogens is 2. The summed E-state index contributed by atoms with van der Waals surface area (Å²) in [6.07, 6.45) is 0. The van der Waals surface area contributed by atoms with Gasteiger partial charge in [-0.05, 0) is 36.4 Å². The van der Waals surface area contributed by atoms with Crippen LogP contribution >= 0.6 is 0 Å². The molecule has 4 rings (SSSR count). The van der Waals surface area contributed by atoms with E-state index < -0.39 is 0 Å². The molecular formula is C20H16N2O4. The molecule has 0 saturated carbocycles. The second-order valence-electron chi connectivity index (χ2n) is 5.84. The van der Waals surface area contributed by atoms with Crippen LogP contribution in [0.4, 0.5) is 0 Å². The lowest BCUT2D eigenvalue weighted by Gasteiger charge is -2.09. The maximum Gasteiger partial charge on any atom is 0.144 e. The van der Waals surface area contributed by atoms with Crippen LogP contribution in [0.25, 0.3) is 27.8 Å². The summed E-state index contributed by atoms with van der Waals surface area (Å²) in [5.41, 5.74) is 2.38. The number of ether oxygens (including phenoxy) is 1. The lowest BCUT2D eigenvalue weighted by atomic mass is 10.1. The molecule has 0 fully saturated rings. The second kappa shape index (κ2) is 6.00. The predicted molar refractivity (Wildman–Crippen MR) is 98.1 cm³/mol. The zero-order valence-electron chi connectivity index (χ0n) is 13.9. The molecule has 0 aliphatic rings. The van der Waals surface area contributed by atoms with E-state index in [1.54, 1.807) is 36.1 Å². The van der Waals surface area contributed by atoms with Gasteiger partial charge in [-0.3, -0.25) is 0 Å². The molecule has 0 amide bonds. The number of phenols is 3. The fourth-order valence-electron chi connectivity index (χ4n) is 3.01. The van der Waals surface area contributed by atoms with Crippen LogP contribution in [0.3, 0.4) is 0 Å². The Morgan fingerprint density at radius 3 is 2.38 bits per heavy atom. The molecule has 0 aliphatic heterocycles. The number of para-hydroxylation sites is 2. The largest absolute Gasteiger partial charge is 0.508 e. The highest BCUT2D eigenvalue weighted by Crippen LogP contribution is 2.38. The van der Waals surface area contributed by atoms with Crippen molar-refractivity contribution < 1.29 is 20.1 Å². The van der Waals surface area contributed by atoms with Crippen LogP contribution in [0.5, 0.6) is 23.0 Å². The Labute approximate surface area is 149 Å². The van der Waals surface area contributed by atoms with E-state index in [0.29, 0.717) is 28.2 Å². The molecule has 26 heavy (non-hydrogen) atoms. The van der Waals surface area contributed by atoms with E-state index >= 15 is 0 Å². The number of methoxy groups -OCH3 is 1. The SMILES string of the molecule is COc1ccccc1-n1nc(-c2ccc(O)cc2O)c2ccc(O)cc21. The van der Waals surface area contributed by atoms with E-state index in [0.717, 1.165) is 5.39 Å². The van der Waals surface area contributed by atoms with E-state index in [9.17, 15) is 15.3 Å². The molecule has 0 saturated heterocycles. The van der Waals surface area contributed by atoms with Gasteiger partial charge in [-0.1, -0.05) is 12.1 Å². The van der Waals surface area contributed by atoms with Crippen molar-refractivity contribution in [3.8, 4) is 39.9 Å². The molecular weight excluding hydrogens is 332 g/mol. The number of phenolic OH excluding ortho intramolecular Hbond substituents is 3. The van der Waals surface area contributed by atoms with Crippen molar-refractivity contribution in [2.75, 3.05) is 7.11 Å². The minimum absolute atomic E-state index is 0.0302. The van der Waals surface area contributed by atoms with Gasteiger partial charge >= 0.3 is 0 Å². The highest BCUT2D eigenvalue weighted by Gasteiger charge is 2.18. The van der Waals surface area contributed by atoms with Crippen LogP contribution in [0.2, 0.25) is 0 Å². The first kappa shape index (κ1) is 15.8. The smallest absolute Gasteiger partial charge is 0.144 e. The van der Waals surface area contributed by atoms with Crippen LogP contribution in [0.1, 0.15) is 0 Å². The summed E-state index contributed by atoms with van der Waals surface area (Å²) in [5, 5.41) is 35.1. The second-order valence-corrected chi connectivity index (χ2v) is 5.84. The first-order valence-corrected chi connectivity index (χ1v) is 7.96. The number of hydrogen-bond donors (Lipinski definition) is 3. The molecule has 0 radical (unpaired) electrons. The van der Waals surface area contributed by atoms with Crippen LogP contribution in [0, 0.1) is 0 Å². The Bertz CT molecular complexity index is 1120. The van der Waals surface area contributed by atoms with Crippen molar-refractivity contribution in [2.24, 2.45) is 0 Å². The summed E-state index contributed by atoms with van der Waals surface area (Å²) in [6.45, 7) is 0. The summed E-state index contributed by atoms with van der Waals surface area (Å²) in [4.78, 5) is 0. The molecule has 6 nitrogen and oxygen atoms in total. The summed E-state index contributed by atoms with van der Waals surface area (Å²) >= 11 is 0. The van der Waals surface area contributed by atoms with Gasteiger partial charge in [0.2, 0.25) is 0 Å². The van der Waals surface area contributed by atoms with Crippen molar-refractivity contribution in [3.05, 3.63) is 60.7 Å². The highest BCUT2D eigenvalue weighted by molar-refractivity contribution is 5.96. The Hall–Kier alpha value is -3.67. The summed E-state index contributed by atoms with van der Waals surface area (Å²) in [7, 11) is 1.58. The molecule has 3 N–H and O–H groups in total. The molecule has 0 aliphatic carbocycles. The maximum absolute atomic E-state index is 10.3. The number of rotatable bonds is 3. The lowest BCUT2D eigenvalue weighted by molar-refractivity contribution is 0.412. The van der Waals surface area contributed by atoms with E-state index in [4.69, 9.17) is 4.74 Å². The standard InChI is InChI=1S/C20H16N2O4/c1-26-19-5-3-2-4-16(19)22-17-10-12(23)6-8-14(17)20(21-22)15-9-7-13(24)11-18(15)25/h2-11,23-25H,1H3. The maximum atomic E-state index is 10.3. The molecule has 1 aromatic heterocycles. The van der Waals surface area contributed by atoms with Gasteiger partial charge in [-0.15, -0.1) is 0 Å². The van der Waals surface area contributed by atoms with E-state index in [-0.39, 0.29) is 17.2 Å². The summed E-state index contributed by atoms with van der Waals surface area (Å²) < 4.78 is 7.09. The van der Waals surface area contributed by atoms with E-state index in [1.807, 2.05) is 24.3 Å². The average Bonchev–Trinajstić information content (AvgIpc) is 3.00. The predicted octanol–water partition coefficient (Wildman–Crippen LogP) is 3.82. The van der Waals surface area contributed by atoms with Gasteiger partial charge < -0.3 is 20.1 Å². The van der Waals surface area contributed by atoms with Gasteiger partial charge in [0, 0.05) is 23.1 Å². The molecule has 0 spiro atoms. The molecule has 0 atom stereocenters. The molecule has 1 heterocycles. The summed E-state index contributed by atoms with van der Waals surface area (Å²) in [5.74, 6) is 0.624. The molecule has 3 aromatic carbocycles. The lowest BCUT2D eigenvalue weighted by Crippen LogP contribution is -1.99. The molecule has 0 bridgehead atoms. The molecule has 4 aromatic rings. The van der Waals surface area contributed by atoms with Gasteiger partial charge in [0.05, 0.1) is 12.6 Å². The fraction of sp³-hybridized carbons (Fsp3) is 0.0500. The number of nitrogens with zero attached hydrogens (tertiary/aromatic N) is 2. The van der Waals surface area contributed by atoms with Crippen LogP contribution in [-0.4, -0.2) is 32.2 Å². The monoisotopic (exact) mass is 348 g/mol. The number of fused-ring (bicyclic) bond motifs is 1. The minimum Gasteiger partial charge on any atom is -0.508 e. The van der Waals surface area contributed by atoms with Crippen LogP contribution in [0.15, 0.2) is 60.7 Å². The van der Waals surface area contributed by atoms with Gasteiger partial charge in [-0.2, -0.15) is 5.10 Å². The van der Waals surface area contributed by atoms with Gasteiger partial charge in [0.1, 0.15) is 34.4 Å². The molecule has 6 heteroatoms. The zero-order valence-corrected chi connectivity index (χ0v) is 13.9. The number of aromatic hydroxyl groups is 3. The normalized spacial score (nSPS) is 11.0. The van der Waals surface area contributed by atoms with Crippen molar-refractivity contribution in [3.63, 3.8) is 0 Å². The fourth-order valence-corrected chi connectivity index (χ4v) is 3.01. The molecule has 0 unspecified atom stereocenters. The van der Waals surface area contributed by atoms with Crippen LogP contribution < -0.4 is 4.74 Å². The first-order chi connectivity index (χ1) is 12.6. The quantitative estimate of drug-likeness (QED) is 0.524. The average molecular weight is 348 g/mol. The Morgan fingerprint density at radius 2 is 1.62 bits per heavy atom.